The van der Waals surface area contributed by atoms with Crippen molar-refractivity contribution in [1.29, 1.82) is 0 Å². The highest BCUT2D eigenvalue weighted by atomic mass is 19.1. The number of nitrogens with one attached hydrogen (secondary N) is 1. The number of hydrogen-bond donors (Lipinski definition) is 1. The van der Waals surface area contributed by atoms with Gasteiger partial charge in [-0.3, -0.25) is 15.1 Å². The largest absolute Gasteiger partial charge is 0.454 e. The number of halogens is 1. The molecule has 1 N–H and O–H groups in total. The number of fused-ring (bicyclic) bond motifs is 1. The maximum absolute atomic E-state index is 13.4. The summed E-state index contributed by atoms with van der Waals surface area (Å²) in [5.74, 6) is 0.715. The molecule has 2 aromatic heterocycles. The van der Waals surface area contributed by atoms with Crippen molar-refractivity contribution in [2.45, 2.75) is 6.42 Å². The number of ether oxygens (including phenoxy) is 2. The molecule has 1 amide bonds. The first-order chi connectivity index (χ1) is 15.2. The summed E-state index contributed by atoms with van der Waals surface area (Å²) in [7, 11) is 0. The van der Waals surface area contributed by atoms with Crippen molar-refractivity contribution in [3.05, 3.63) is 78.4 Å². The Morgan fingerprint density at radius 3 is 2.61 bits per heavy atom. The monoisotopic (exact) mass is 417 g/mol. The van der Waals surface area contributed by atoms with Crippen molar-refractivity contribution >= 4 is 11.8 Å². The molecule has 8 heteroatoms. The van der Waals surface area contributed by atoms with E-state index in [1.807, 2.05) is 0 Å². The molecular weight excluding hydrogens is 401 g/mol. The number of hydrogen-bond acceptors (Lipinski definition) is 6. The number of rotatable bonds is 5. The lowest BCUT2D eigenvalue weighted by Crippen LogP contribution is -2.15. The van der Waals surface area contributed by atoms with E-state index in [4.69, 9.17) is 14.0 Å². The summed E-state index contributed by atoms with van der Waals surface area (Å²) in [6.07, 6.45) is 3.33. The van der Waals surface area contributed by atoms with Crippen LogP contribution in [-0.2, 0) is 11.2 Å². The van der Waals surface area contributed by atoms with Gasteiger partial charge in [0.2, 0.25) is 18.6 Å². The van der Waals surface area contributed by atoms with Gasteiger partial charge in [0.15, 0.2) is 11.5 Å². The Hall–Kier alpha value is -4.20. The van der Waals surface area contributed by atoms with E-state index in [1.54, 1.807) is 54.9 Å². The number of carbonyl (C=O) groups is 1. The number of carbonyl (C=O) groups excluding carboxylic acids is 1. The van der Waals surface area contributed by atoms with E-state index < -0.39 is 0 Å². The Morgan fingerprint density at radius 1 is 1.00 bits per heavy atom. The maximum atomic E-state index is 13.4. The van der Waals surface area contributed by atoms with Crippen molar-refractivity contribution in [3.8, 4) is 33.9 Å². The van der Waals surface area contributed by atoms with Crippen LogP contribution in [-0.4, -0.2) is 22.8 Å². The van der Waals surface area contributed by atoms with Crippen LogP contribution in [0.25, 0.3) is 22.4 Å². The lowest BCUT2D eigenvalue weighted by molar-refractivity contribution is -0.115. The van der Waals surface area contributed by atoms with Crippen LogP contribution in [0.2, 0.25) is 0 Å². The van der Waals surface area contributed by atoms with E-state index in [0.717, 1.165) is 5.56 Å². The van der Waals surface area contributed by atoms with Gasteiger partial charge in [0.1, 0.15) is 11.5 Å². The molecule has 0 saturated heterocycles. The molecule has 4 aromatic rings. The van der Waals surface area contributed by atoms with Gasteiger partial charge in [0.05, 0.1) is 12.0 Å². The zero-order chi connectivity index (χ0) is 21.2. The number of aromatic nitrogens is 2. The molecule has 0 bridgehead atoms. The van der Waals surface area contributed by atoms with E-state index in [2.05, 4.69) is 15.5 Å². The molecule has 0 radical (unpaired) electrons. The number of anilines is 1. The second kappa shape index (κ2) is 7.91. The molecule has 0 saturated carbocycles. The lowest BCUT2D eigenvalue weighted by atomic mass is 10.0. The van der Waals surface area contributed by atoms with Crippen molar-refractivity contribution in [2.24, 2.45) is 0 Å². The van der Waals surface area contributed by atoms with Crippen LogP contribution in [0.15, 0.2) is 71.5 Å². The van der Waals surface area contributed by atoms with Gasteiger partial charge in [0.25, 0.3) is 0 Å². The molecule has 31 heavy (non-hydrogen) atoms. The highest BCUT2D eigenvalue weighted by Crippen LogP contribution is 2.38. The van der Waals surface area contributed by atoms with Crippen molar-refractivity contribution < 1.29 is 23.2 Å². The molecule has 2 aromatic carbocycles. The number of amides is 1. The summed E-state index contributed by atoms with van der Waals surface area (Å²) in [5, 5.41) is 6.92. The van der Waals surface area contributed by atoms with E-state index in [0.29, 0.717) is 33.9 Å². The van der Waals surface area contributed by atoms with Crippen LogP contribution in [0.3, 0.4) is 0 Å². The summed E-state index contributed by atoms with van der Waals surface area (Å²) in [4.78, 5) is 16.8. The number of pyridine rings is 1. The number of nitrogens with zero attached hydrogens (tertiary/aromatic N) is 2. The molecule has 7 nitrogen and oxygen atoms in total. The second-order valence-electron chi connectivity index (χ2n) is 6.85. The highest BCUT2D eigenvalue weighted by Gasteiger charge is 2.23. The minimum atomic E-state index is -0.354. The van der Waals surface area contributed by atoms with Crippen LogP contribution in [0, 0.1) is 5.82 Å². The Balaban J connectivity index is 1.47. The van der Waals surface area contributed by atoms with E-state index in [-0.39, 0.29) is 30.8 Å². The third-order valence-corrected chi connectivity index (χ3v) is 4.86. The molecule has 0 spiro atoms. The average molecular weight is 417 g/mol. The minimum absolute atomic E-state index is 0.0644. The number of benzene rings is 2. The molecule has 154 valence electrons. The fourth-order valence-electron chi connectivity index (χ4n) is 3.44. The summed E-state index contributed by atoms with van der Waals surface area (Å²) >= 11 is 0. The van der Waals surface area contributed by atoms with Crippen LogP contribution in [0.4, 0.5) is 10.3 Å². The number of para-hydroxylation sites is 1. The predicted octanol–water partition coefficient (Wildman–Crippen LogP) is 4.45. The predicted molar refractivity (Wildman–Crippen MR) is 110 cm³/mol. The SMILES string of the molecule is O=C(Cc1cccc2c1OCO2)Nc1onc(-c2ccc(F)cc2)c1-c1ccncc1. The fourth-order valence-corrected chi connectivity index (χ4v) is 3.44. The third-order valence-electron chi connectivity index (χ3n) is 4.86. The third kappa shape index (κ3) is 3.71. The fraction of sp³-hybridized carbons (Fsp3) is 0.0870. The molecule has 1 aliphatic heterocycles. The molecule has 5 rings (SSSR count). The highest BCUT2D eigenvalue weighted by molar-refractivity contribution is 5.98. The smallest absolute Gasteiger partial charge is 0.239 e. The first-order valence-corrected chi connectivity index (χ1v) is 9.52. The zero-order valence-electron chi connectivity index (χ0n) is 16.2. The van der Waals surface area contributed by atoms with Crippen LogP contribution >= 0.6 is 0 Å². The topological polar surface area (TPSA) is 86.5 Å². The van der Waals surface area contributed by atoms with E-state index >= 15 is 0 Å². The quantitative estimate of drug-likeness (QED) is 0.516. The second-order valence-corrected chi connectivity index (χ2v) is 6.85. The van der Waals surface area contributed by atoms with Gasteiger partial charge >= 0.3 is 0 Å². The first-order valence-electron chi connectivity index (χ1n) is 9.52. The average Bonchev–Trinajstić information content (AvgIpc) is 3.43. The minimum Gasteiger partial charge on any atom is -0.454 e. The molecule has 0 fully saturated rings. The first kappa shape index (κ1) is 18.8. The molecule has 0 unspecified atom stereocenters. The van der Waals surface area contributed by atoms with Gasteiger partial charge < -0.3 is 14.0 Å². The normalized spacial score (nSPS) is 12.0. The molecule has 0 atom stereocenters. The standard InChI is InChI=1S/C23H16FN3O4/c24-17-6-4-15(5-7-17)21-20(14-8-10-25-11-9-14)23(31-27-21)26-19(28)12-16-2-1-3-18-22(16)30-13-29-18/h1-11H,12-13H2,(H,26,28). The van der Waals surface area contributed by atoms with Gasteiger partial charge in [-0.1, -0.05) is 17.3 Å². The van der Waals surface area contributed by atoms with Gasteiger partial charge in [-0.15, -0.1) is 0 Å². The molecule has 0 aliphatic carbocycles. The Bertz CT molecular complexity index is 1240. The maximum Gasteiger partial charge on any atom is 0.239 e. The summed E-state index contributed by atoms with van der Waals surface area (Å²) in [5.41, 5.74) is 3.18. The van der Waals surface area contributed by atoms with Crippen molar-refractivity contribution in [2.75, 3.05) is 12.1 Å². The molecule has 3 heterocycles. The summed E-state index contributed by atoms with van der Waals surface area (Å²) in [6.45, 7) is 0.128. The van der Waals surface area contributed by atoms with E-state index in [1.165, 1.54) is 12.1 Å². The van der Waals surface area contributed by atoms with Gasteiger partial charge in [-0.05, 0) is 48.0 Å². The van der Waals surface area contributed by atoms with Gasteiger partial charge in [-0.2, -0.15) is 0 Å². The van der Waals surface area contributed by atoms with Gasteiger partial charge in [-0.25, -0.2) is 4.39 Å². The Kier molecular flexibility index (Phi) is 4.80. The van der Waals surface area contributed by atoms with E-state index in [9.17, 15) is 9.18 Å². The molecular formula is C23H16FN3O4. The van der Waals surface area contributed by atoms with Crippen LogP contribution in [0.1, 0.15) is 5.56 Å². The summed E-state index contributed by atoms with van der Waals surface area (Å²) < 4.78 is 29.7. The molecule has 1 aliphatic rings. The van der Waals surface area contributed by atoms with Crippen molar-refractivity contribution in [1.82, 2.24) is 10.1 Å². The Morgan fingerprint density at radius 2 is 1.81 bits per heavy atom. The zero-order valence-corrected chi connectivity index (χ0v) is 16.2. The summed E-state index contributed by atoms with van der Waals surface area (Å²) in [6, 6.07) is 14.9. The van der Waals surface area contributed by atoms with Gasteiger partial charge in [0, 0.05) is 23.5 Å². The van der Waals surface area contributed by atoms with Crippen LogP contribution in [0.5, 0.6) is 11.5 Å². The van der Waals surface area contributed by atoms with Crippen LogP contribution < -0.4 is 14.8 Å². The Labute approximate surface area is 176 Å². The van der Waals surface area contributed by atoms with Crippen molar-refractivity contribution in [3.63, 3.8) is 0 Å². The lowest BCUT2D eigenvalue weighted by Gasteiger charge is -2.08.